The third-order valence-electron chi connectivity index (χ3n) is 7.62. The molecule has 3 aromatic rings. The lowest BCUT2D eigenvalue weighted by molar-refractivity contribution is -0.384. The molecule has 0 aliphatic carbocycles. The minimum atomic E-state index is -0.874. The van der Waals surface area contributed by atoms with Crippen LogP contribution >= 0.6 is 0 Å². The summed E-state index contributed by atoms with van der Waals surface area (Å²) in [6.45, 7) is 16.7. The van der Waals surface area contributed by atoms with E-state index in [-0.39, 0.29) is 24.7 Å². The van der Waals surface area contributed by atoms with Crippen LogP contribution in [0.3, 0.4) is 0 Å². The lowest BCUT2D eigenvalue weighted by Gasteiger charge is -2.31. The average Bonchev–Trinajstić information content (AvgIpc) is 3.37. The van der Waals surface area contributed by atoms with Gasteiger partial charge in [0.05, 0.1) is 24.2 Å². The summed E-state index contributed by atoms with van der Waals surface area (Å²) in [6.07, 6.45) is 0.952. The van der Waals surface area contributed by atoms with E-state index in [0.717, 1.165) is 50.8 Å². The number of nitro benzene ring substituents is 1. The maximum absolute atomic E-state index is 13.3. The van der Waals surface area contributed by atoms with Crippen molar-refractivity contribution in [1.29, 1.82) is 0 Å². The van der Waals surface area contributed by atoms with Gasteiger partial charge in [0.15, 0.2) is 11.6 Å². The Hall–Kier alpha value is -5.12. The smallest absolute Gasteiger partial charge is 0.374 e. The Morgan fingerprint density at radius 2 is 1.30 bits per heavy atom. The number of non-ortho nitro benzene ring substituents is 1. The Morgan fingerprint density at radius 1 is 0.804 bits per heavy atom. The normalized spacial score (nSPS) is 13.1. The van der Waals surface area contributed by atoms with Gasteiger partial charge >= 0.3 is 11.9 Å². The fourth-order valence-electron chi connectivity index (χ4n) is 6.16. The van der Waals surface area contributed by atoms with Gasteiger partial charge in [0.1, 0.15) is 0 Å². The quantitative estimate of drug-likeness (QED) is 0.0762. The second kappa shape index (κ2) is 14.3. The summed E-state index contributed by atoms with van der Waals surface area (Å²) < 4.78 is 16.8. The molecule has 10 nitrogen and oxygen atoms in total. The highest BCUT2D eigenvalue weighted by molar-refractivity contribution is 5.96. The van der Waals surface area contributed by atoms with Gasteiger partial charge in [-0.05, 0) is 77.6 Å². The molecular formula is C36H41N3O7. The van der Waals surface area contributed by atoms with Crippen LogP contribution in [-0.4, -0.2) is 43.2 Å². The lowest BCUT2D eigenvalue weighted by Crippen LogP contribution is -2.28. The van der Waals surface area contributed by atoms with E-state index in [1.807, 2.05) is 41.5 Å². The maximum atomic E-state index is 13.3. The summed E-state index contributed by atoms with van der Waals surface area (Å²) in [5.74, 6) is -1.37. The standard InChI is InChI=1S/C36H41N3O7/c1-9-44-31(40)21-30(36(41)45-10-2)46-34(28-12-11-13-29(20-28)39(42)43)35-37(32-24(5)16-22(3)17-25(32)6)14-15-38(35)33-26(7)18-23(4)19-27(33)8/h11-13,16-21H,9-10,14-15H2,1-8H3/b30-21+. The van der Waals surface area contributed by atoms with Crippen LogP contribution in [0.25, 0.3) is 5.76 Å². The summed E-state index contributed by atoms with van der Waals surface area (Å²) in [4.78, 5) is 41.6. The van der Waals surface area contributed by atoms with Gasteiger partial charge in [-0.2, -0.15) is 0 Å². The van der Waals surface area contributed by atoms with Crippen molar-refractivity contribution in [2.24, 2.45) is 0 Å². The first-order valence-electron chi connectivity index (χ1n) is 15.3. The van der Waals surface area contributed by atoms with Crippen molar-refractivity contribution in [3.8, 4) is 0 Å². The molecule has 0 saturated carbocycles. The number of ether oxygens (including phenoxy) is 3. The molecule has 10 heteroatoms. The minimum Gasteiger partial charge on any atom is -0.463 e. The monoisotopic (exact) mass is 627 g/mol. The number of rotatable bonds is 10. The van der Waals surface area contributed by atoms with E-state index in [0.29, 0.717) is 24.5 Å². The van der Waals surface area contributed by atoms with Crippen LogP contribution in [-0.2, 0) is 23.8 Å². The molecule has 0 aromatic heterocycles. The third kappa shape index (κ3) is 7.22. The molecule has 1 saturated heterocycles. The summed E-state index contributed by atoms with van der Waals surface area (Å²) >= 11 is 0. The van der Waals surface area contributed by atoms with E-state index in [2.05, 4.69) is 34.1 Å². The fraction of sp³-hybridized carbons (Fsp3) is 0.333. The number of hydrogen-bond acceptors (Lipinski definition) is 9. The molecule has 0 bridgehead atoms. The van der Waals surface area contributed by atoms with Crippen molar-refractivity contribution in [2.45, 2.75) is 55.4 Å². The molecule has 0 spiro atoms. The number of hydrogen-bond donors (Lipinski definition) is 0. The van der Waals surface area contributed by atoms with Crippen LogP contribution in [0.1, 0.15) is 52.8 Å². The molecule has 1 aliphatic heterocycles. The molecule has 4 rings (SSSR count). The Labute approximate surface area is 270 Å². The molecule has 0 atom stereocenters. The highest BCUT2D eigenvalue weighted by Crippen LogP contribution is 2.42. The van der Waals surface area contributed by atoms with E-state index in [9.17, 15) is 19.7 Å². The minimum absolute atomic E-state index is 0.0346. The number of carbonyl (C=O) groups is 2. The van der Waals surface area contributed by atoms with E-state index < -0.39 is 22.6 Å². The summed E-state index contributed by atoms with van der Waals surface area (Å²) in [5.41, 5.74) is 8.41. The van der Waals surface area contributed by atoms with Crippen molar-refractivity contribution < 1.29 is 28.7 Å². The number of nitro groups is 1. The number of carbonyl (C=O) groups excluding carboxylic acids is 2. The van der Waals surface area contributed by atoms with Crippen LogP contribution in [0.5, 0.6) is 0 Å². The molecule has 242 valence electrons. The zero-order valence-corrected chi connectivity index (χ0v) is 27.7. The molecule has 0 unspecified atom stereocenters. The van der Waals surface area contributed by atoms with Crippen LogP contribution < -0.4 is 9.80 Å². The summed E-state index contributed by atoms with van der Waals surface area (Å²) in [5, 5.41) is 11.9. The number of esters is 2. The van der Waals surface area contributed by atoms with E-state index in [4.69, 9.17) is 14.2 Å². The van der Waals surface area contributed by atoms with Gasteiger partial charge < -0.3 is 24.0 Å². The fourth-order valence-corrected chi connectivity index (χ4v) is 6.16. The highest BCUT2D eigenvalue weighted by atomic mass is 16.6. The van der Waals surface area contributed by atoms with Crippen molar-refractivity contribution in [2.75, 3.05) is 36.1 Å². The first kappa shape index (κ1) is 33.8. The number of anilines is 2. The Bertz CT molecular complexity index is 1630. The second-order valence-corrected chi connectivity index (χ2v) is 11.3. The molecule has 1 fully saturated rings. The summed E-state index contributed by atoms with van der Waals surface area (Å²) in [7, 11) is 0. The molecular weight excluding hydrogens is 586 g/mol. The highest BCUT2D eigenvalue weighted by Gasteiger charge is 2.36. The van der Waals surface area contributed by atoms with Crippen molar-refractivity contribution in [3.05, 3.63) is 115 Å². The molecule has 46 heavy (non-hydrogen) atoms. The van der Waals surface area contributed by atoms with Gasteiger partial charge in [-0.25, -0.2) is 9.59 Å². The van der Waals surface area contributed by atoms with Crippen molar-refractivity contribution in [3.63, 3.8) is 0 Å². The number of aryl methyl sites for hydroxylation is 6. The van der Waals surface area contributed by atoms with Gasteiger partial charge in [0, 0.05) is 42.2 Å². The predicted octanol–water partition coefficient (Wildman–Crippen LogP) is 7.12. The third-order valence-corrected chi connectivity index (χ3v) is 7.62. The van der Waals surface area contributed by atoms with Crippen molar-refractivity contribution >= 4 is 34.8 Å². The molecule has 1 heterocycles. The predicted molar refractivity (Wildman–Crippen MR) is 178 cm³/mol. The molecule has 1 aliphatic rings. The van der Waals surface area contributed by atoms with E-state index in [1.54, 1.807) is 26.0 Å². The maximum Gasteiger partial charge on any atom is 0.374 e. The lowest BCUT2D eigenvalue weighted by atomic mass is 10.0. The van der Waals surface area contributed by atoms with Crippen LogP contribution in [0.4, 0.5) is 17.1 Å². The molecule has 3 aromatic carbocycles. The SMILES string of the molecule is CCOC(=O)/C=C(/OC(=C1N(c2c(C)cc(C)cc2C)CCN1c1c(C)cc(C)cc1C)c1cccc([N+](=O)[O-])c1)C(=O)OCC. The van der Waals surface area contributed by atoms with Gasteiger partial charge in [-0.1, -0.05) is 47.5 Å². The first-order chi connectivity index (χ1) is 21.9. The topological polar surface area (TPSA) is 111 Å². The van der Waals surface area contributed by atoms with Crippen molar-refractivity contribution in [1.82, 2.24) is 0 Å². The summed E-state index contributed by atoms with van der Waals surface area (Å²) in [6, 6.07) is 14.4. The number of benzene rings is 3. The van der Waals surface area contributed by atoms with Crippen LogP contribution in [0.15, 0.2) is 66.2 Å². The van der Waals surface area contributed by atoms with E-state index >= 15 is 0 Å². The molecule has 0 N–H and O–H groups in total. The number of nitrogens with zero attached hydrogens (tertiary/aromatic N) is 3. The molecule has 0 radical (unpaired) electrons. The second-order valence-electron chi connectivity index (χ2n) is 11.3. The van der Waals surface area contributed by atoms with Gasteiger partial charge in [-0.3, -0.25) is 10.1 Å². The Kier molecular flexibility index (Phi) is 10.5. The van der Waals surface area contributed by atoms with Gasteiger partial charge in [0.2, 0.25) is 5.76 Å². The van der Waals surface area contributed by atoms with Crippen LogP contribution in [0.2, 0.25) is 0 Å². The van der Waals surface area contributed by atoms with Crippen LogP contribution in [0, 0.1) is 51.7 Å². The first-order valence-corrected chi connectivity index (χ1v) is 15.3. The molecule has 0 amide bonds. The zero-order chi connectivity index (χ0) is 33.7. The average molecular weight is 628 g/mol. The Morgan fingerprint density at radius 3 is 1.76 bits per heavy atom. The zero-order valence-electron chi connectivity index (χ0n) is 27.7. The largest absolute Gasteiger partial charge is 0.463 e. The van der Waals surface area contributed by atoms with E-state index in [1.165, 1.54) is 12.1 Å². The van der Waals surface area contributed by atoms with Gasteiger partial charge in [-0.15, -0.1) is 0 Å². The Balaban J connectivity index is 2.13. The van der Waals surface area contributed by atoms with Gasteiger partial charge in [0.25, 0.3) is 5.69 Å².